The molecule has 0 bridgehead atoms. The lowest BCUT2D eigenvalue weighted by atomic mass is 10.0. The summed E-state index contributed by atoms with van der Waals surface area (Å²) >= 11 is 0. The quantitative estimate of drug-likeness (QED) is 0.692. The minimum Gasteiger partial charge on any atom is -0.369 e. The number of piperazine rings is 1. The maximum atomic E-state index is 12.4. The van der Waals surface area contributed by atoms with E-state index in [-0.39, 0.29) is 0 Å². The molecule has 2 N–H and O–H groups in total. The van der Waals surface area contributed by atoms with Crippen LogP contribution in [-0.4, -0.2) is 56.0 Å². The average molecular weight is 409 g/mol. The molecule has 1 saturated heterocycles. The van der Waals surface area contributed by atoms with Crippen molar-refractivity contribution in [2.75, 3.05) is 49.5 Å². The number of amides is 2. The second kappa shape index (κ2) is 10.8. The molecule has 0 atom stereocenters. The van der Waals surface area contributed by atoms with Crippen LogP contribution >= 0.6 is 0 Å². The standard InChI is InChI=1S/C24H32N4O2/c1-3-19-9-8-10-20(4-2)22(19)26-24(30)23(29)25-13-14-27-15-17-28(18-16-27)21-11-6-5-7-12-21/h5-12H,3-4,13-18H2,1-2H3,(H,25,29)(H,26,30). The van der Waals surface area contributed by atoms with E-state index in [1.807, 2.05) is 38.1 Å². The Hall–Kier alpha value is -2.86. The fraction of sp³-hybridized carbons (Fsp3) is 0.417. The molecule has 1 aliphatic rings. The number of carbonyl (C=O) groups excluding carboxylic acids is 2. The summed E-state index contributed by atoms with van der Waals surface area (Å²) in [5.41, 5.74) is 4.12. The predicted molar refractivity (Wildman–Crippen MR) is 122 cm³/mol. The van der Waals surface area contributed by atoms with E-state index in [2.05, 4.69) is 44.7 Å². The second-order valence-corrected chi connectivity index (χ2v) is 7.53. The van der Waals surface area contributed by atoms with Gasteiger partial charge in [-0.15, -0.1) is 0 Å². The van der Waals surface area contributed by atoms with E-state index in [9.17, 15) is 9.59 Å². The van der Waals surface area contributed by atoms with E-state index in [4.69, 9.17) is 0 Å². The van der Waals surface area contributed by atoms with Gasteiger partial charge < -0.3 is 15.5 Å². The largest absolute Gasteiger partial charge is 0.369 e. The minimum absolute atomic E-state index is 0.466. The SMILES string of the molecule is CCc1cccc(CC)c1NC(=O)C(=O)NCCN1CCN(c2ccccc2)CC1. The van der Waals surface area contributed by atoms with Gasteiger partial charge in [0.1, 0.15) is 0 Å². The molecule has 6 heteroatoms. The second-order valence-electron chi connectivity index (χ2n) is 7.53. The molecular weight excluding hydrogens is 376 g/mol. The molecule has 1 heterocycles. The van der Waals surface area contributed by atoms with Crippen molar-refractivity contribution >= 4 is 23.2 Å². The number of hydrogen-bond donors (Lipinski definition) is 2. The van der Waals surface area contributed by atoms with Crippen molar-refractivity contribution in [3.63, 3.8) is 0 Å². The number of nitrogens with zero attached hydrogens (tertiary/aromatic N) is 2. The van der Waals surface area contributed by atoms with Gasteiger partial charge in [-0.05, 0) is 36.1 Å². The number of carbonyl (C=O) groups is 2. The van der Waals surface area contributed by atoms with Crippen LogP contribution in [0.2, 0.25) is 0 Å². The number of hydrogen-bond acceptors (Lipinski definition) is 4. The van der Waals surface area contributed by atoms with Crippen molar-refractivity contribution < 1.29 is 9.59 Å². The first-order chi connectivity index (χ1) is 14.6. The third kappa shape index (κ3) is 5.60. The smallest absolute Gasteiger partial charge is 0.313 e. The molecule has 0 aliphatic carbocycles. The van der Waals surface area contributed by atoms with Crippen LogP contribution in [0.3, 0.4) is 0 Å². The number of para-hydroxylation sites is 2. The molecule has 0 saturated carbocycles. The highest BCUT2D eigenvalue weighted by Crippen LogP contribution is 2.22. The molecule has 0 unspecified atom stereocenters. The first-order valence-electron chi connectivity index (χ1n) is 10.8. The van der Waals surface area contributed by atoms with Gasteiger partial charge in [-0.25, -0.2) is 0 Å². The third-order valence-electron chi connectivity index (χ3n) is 5.65. The van der Waals surface area contributed by atoms with Gasteiger partial charge in [-0.2, -0.15) is 0 Å². The zero-order valence-corrected chi connectivity index (χ0v) is 18.0. The molecule has 2 aromatic carbocycles. The summed E-state index contributed by atoms with van der Waals surface area (Å²) in [5.74, 6) is -1.18. The number of rotatable bonds is 7. The highest BCUT2D eigenvalue weighted by atomic mass is 16.2. The minimum atomic E-state index is -0.598. The molecule has 0 spiro atoms. The van der Waals surface area contributed by atoms with Gasteiger partial charge in [-0.3, -0.25) is 14.5 Å². The first kappa shape index (κ1) is 21.8. The van der Waals surface area contributed by atoms with Crippen LogP contribution in [0, 0.1) is 0 Å². The molecule has 0 radical (unpaired) electrons. The van der Waals surface area contributed by atoms with Crippen molar-refractivity contribution in [2.45, 2.75) is 26.7 Å². The molecule has 2 aromatic rings. The summed E-state index contributed by atoms with van der Waals surface area (Å²) in [7, 11) is 0. The summed E-state index contributed by atoms with van der Waals surface area (Å²) in [4.78, 5) is 29.4. The third-order valence-corrected chi connectivity index (χ3v) is 5.65. The zero-order valence-electron chi connectivity index (χ0n) is 18.0. The average Bonchev–Trinajstić information content (AvgIpc) is 2.80. The van der Waals surface area contributed by atoms with Crippen LogP contribution < -0.4 is 15.5 Å². The van der Waals surface area contributed by atoms with Gasteiger partial charge in [0.15, 0.2) is 0 Å². The van der Waals surface area contributed by atoms with Crippen molar-refractivity contribution in [2.24, 2.45) is 0 Å². The predicted octanol–water partition coefficient (Wildman–Crippen LogP) is 2.69. The zero-order chi connectivity index (χ0) is 21.3. The van der Waals surface area contributed by atoms with Gasteiger partial charge >= 0.3 is 11.8 Å². The first-order valence-corrected chi connectivity index (χ1v) is 10.8. The van der Waals surface area contributed by atoms with Gasteiger partial charge in [0.05, 0.1) is 0 Å². The van der Waals surface area contributed by atoms with E-state index < -0.39 is 11.8 Å². The van der Waals surface area contributed by atoms with Crippen LogP contribution in [0.15, 0.2) is 48.5 Å². The van der Waals surface area contributed by atoms with Gasteiger partial charge in [-0.1, -0.05) is 50.2 Å². The highest BCUT2D eigenvalue weighted by Gasteiger charge is 2.19. The molecule has 1 aliphatic heterocycles. The van der Waals surface area contributed by atoms with Crippen LogP contribution in [0.5, 0.6) is 0 Å². The lowest BCUT2D eigenvalue weighted by molar-refractivity contribution is -0.136. The maximum Gasteiger partial charge on any atom is 0.313 e. The number of nitrogens with one attached hydrogen (secondary N) is 2. The van der Waals surface area contributed by atoms with Crippen molar-refractivity contribution in [1.82, 2.24) is 10.2 Å². The van der Waals surface area contributed by atoms with E-state index in [0.29, 0.717) is 6.54 Å². The molecule has 2 amide bonds. The summed E-state index contributed by atoms with van der Waals surface area (Å²) < 4.78 is 0. The Morgan fingerprint density at radius 1 is 0.833 bits per heavy atom. The summed E-state index contributed by atoms with van der Waals surface area (Å²) in [6.07, 6.45) is 1.61. The number of anilines is 2. The van der Waals surface area contributed by atoms with Crippen LogP contribution in [0.1, 0.15) is 25.0 Å². The Labute approximate surface area is 179 Å². The lowest BCUT2D eigenvalue weighted by Gasteiger charge is -2.36. The topological polar surface area (TPSA) is 64.7 Å². The number of benzene rings is 2. The van der Waals surface area contributed by atoms with Crippen molar-refractivity contribution in [3.05, 3.63) is 59.7 Å². The van der Waals surface area contributed by atoms with Crippen LogP contribution in [-0.2, 0) is 22.4 Å². The normalized spacial score (nSPS) is 14.4. The van der Waals surface area contributed by atoms with E-state index in [1.54, 1.807) is 0 Å². The molecule has 30 heavy (non-hydrogen) atoms. The molecule has 6 nitrogen and oxygen atoms in total. The van der Waals surface area contributed by atoms with Crippen molar-refractivity contribution in [3.8, 4) is 0 Å². The molecule has 0 aromatic heterocycles. The molecule has 3 rings (SSSR count). The highest BCUT2D eigenvalue weighted by molar-refractivity contribution is 6.39. The summed E-state index contributed by atoms with van der Waals surface area (Å²) in [6.45, 7) is 9.12. The fourth-order valence-electron chi connectivity index (χ4n) is 3.85. The lowest BCUT2D eigenvalue weighted by Crippen LogP contribution is -2.49. The Morgan fingerprint density at radius 3 is 2.07 bits per heavy atom. The Morgan fingerprint density at radius 2 is 1.47 bits per heavy atom. The number of aryl methyl sites for hydroxylation is 2. The van der Waals surface area contributed by atoms with Gasteiger partial charge in [0, 0.05) is 50.6 Å². The molecular formula is C24H32N4O2. The van der Waals surface area contributed by atoms with E-state index in [0.717, 1.165) is 62.4 Å². The summed E-state index contributed by atoms with van der Waals surface area (Å²) in [5, 5.41) is 5.58. The molecule has 1 fully saturated rings. The monoisotopic (exact) mass is 408 g/mol. The van der Waals surface area contributed by atoms with E-state index >= 15 is 0 Å². The maximum absolute atomic E-state index is 12.4. The fourth-order valence-corrected chi connectivity index (χ4v) is 3.85. The van der Waals surface area contributed by atoms with Crippen LogP contribution in [0.4, 0.5) is 11.4 Å². The van der Waals surface area contributed by atoms with Crippen molar-refractivity contribution in [1.29, 1.82) is 0 Å². The Kier molecular flexibility index (Phi) is 7.85. The Balaban J connectivity index is 1.43. The van der Waals surface area contributed by atoms with Gasteiger partial charge in [0.2, 0.25) is 0 Å². The Bertz CT molecular complexity index is 823. The van der Waals surface area contributed by atoms with Crippen LogP contribution in [0.25, 0.3) is 0 Å². The van der Waals surface area contributed by atoms with E-state index in [1.165, 1.54) is 5.69 Å². The van der Waals surface area contributed by atoms with Gasteiger partial charge in [0.25, 0.3) is 0 Å². The molecule has 160 valence electrons. The summed E-state index contributed by atoms with van der Waals surface area (Å²) in [6, 6.07) is 16.4.